The van der Waals surface area contributed by atoms with Gasteiger partial charge >= 0.3 is 6.18 Å². The Balaban J connectivity index is 1.78. The molecule has 1 unspecified atom stereocenters. The molecule has 2 heterocycles. The van der Waals surface area contributed by atoms with E-state index >= 15 is 4.39 Å². The molecule has 12 heteroatoms. The lowest BCUT2D eigenvalue weighted by molar-refractivity contribution is -0.265. The fraction of sp³-hybridized carbons (Fsp3) is 0.250. The highest BCUT2D eigenvalue weighted by molar-refractivity contribution is 5.99. The van der Waals surface area contributed by atoms with Crippen molar-refractivity contribution in [2.24, 2.45) is 0 Å². The van der Waals surface area contributed by atoms with Crippen molar-refractivity contribution < 1.29 is 41.7 Å². The Hall–Kier alpha value is -4.16. The van der Waals surface area contributed by atoms with Gasteiger partial charge in [0.2, 0.25) is 5.60 Å². The Labute approximate surface area is 225 Å². The quantitative estimate of drug-likeness (QED) is 0.275. The maximum Gasteiger partial charge on any atom is 0.424 e. The van der Waals surface area contributed by atoms with E-state index in [1.165, 1.54) is 25.4 Å². The number of amides is 1. The van der Waals surface area contributed by atoms with Gasteiger partial charge in [-0.3, -0.25) is 9.78 Å². The SMILES string of the molecule is COc1cc(C(=O)NCC(O)(c2cc(C(C)(C)O)c(F)c(-c3ccc(F)cc3)n2)C(F)(F)F)cc2cccnc12. The molecule has 210 valence electrons. The average molecular weight is 562 g/mol. The van der Waals surface area contributed by atoms with Crippen LogP contribution in [-0.4, -0.2) is 45.9 Å². The number of aliphatic hydroxyl groups is 2. The molecule has 3 N–H and O–H groups in total. The Morgan fingerprint density at radius 1 is 1.02 bits per heavy atom. The van der Waals surface area contributed by atoms with Gasteiger partial charge in [0.15, 0.2) is 5.82 Å². The van der Waals surface area contributed by atoms with Gasteiger partial charge in [0.25, 0.3) is 5.91 Å². The first-order valence-corrected chi connectivity index (χ1v) is 11.9. The number of pyridine rings is 2. The molecule has 0 aliphatic carbocycles. The maximum absolute atomic E-state index is 15.4. The lowest BCUT2D eigenvalue weighted by Gasteiger charge is -2.32. The fourth-order valence-electron chi connectivity index (χ4n) is 4.08. The van der Waals surface area contributed by atoms with Crippen LogP contribution in [0.3, 0.4) is 0 Å². The first-order valence-electron chi connectivity index (χ1n) is 11.9. The number of nitrogens with one attached hydrogen (secondary N) is 1. The molecule has 1 amide bonds. The lowest BCUT2D eigenvalue weighted by atomic mass is 9.90. The van der Waals surface area contributed by atoms with Crippen LogP contribution >= 0.6 is 0 Å². The minimum absolute atomic E-state index is 0.0712. The van der Waals surface area contributed by atoms with Crippen molar-refractivity contribution in [3.8, 4) is 17.0 Å². The van der Waals surface area contributed by atoms with E-state index in [9.17, 15) is 32.6 Å². The number of nitrogens with zero attached hydrogens (tertiary/aromatic N) is 2. The van der Waals surface area contributed by atoms with Gasteiger partial charge in [-0.2, -0.15) is 13.2 Å². The standard InChI is InChI=1S/C28H24F5N3O4/c1-26(2,38)19-13-21(36-24(22(19)30)15-6-8-18(29)9-7-15)27(39,28(31,32)33)14-35-25(37)17-11-16-5-4-10-34-23(16)20(12-17)40-3/h4-13,38-39H,14H2,1-3H3,(H,35,37). The number of hydrogen-bond donors (Lipinski definition) is 3. The van der Waals surface area contributed by atoms with E-state index in [-0.39, 0.29) is 16.9 Å². The molecule has 1 atom stereocenters. The van der Waals surface area contributed by atoms with Crippen LogP contribution in [0.25, 0.3) is 22.2 Å². The van der Waals surface area contributed by atoms with Gasteiger partial charge in [-0.05, 0) is 62.4 Å². The smallest absolute Gasteiger partial charge is 0.424 e. The molecule has 0 aliphatic rings. The van der Waals surface area contributed by atoms with Crippen molar-refractivity contribution in [1.82, 2.24) is 15.3 Å². The van der Waals surface area contributed by atoms with Crippen LogP contribution in [0.5, 0.6) is 5.75 Å². The summed E-state index contributed by atoms with van der Waals surface area (Å²) in [6.07, 6.45) is -3.90. The van der Waals surface area contributed by atoms with Crippen LogP contribution in [0.2, 0.25) is 0 Å². The number of carbonyl (C=O) groups excluding carboxylic acids is 1. The van der Waals surface area contributed by atoms with Crippen LogP contribution in [0.15, 0.2) is 60.8 Å². The molecule has 0 fully saturated rings. The molecule has 40 heavy (non-hydrogen) atoms. The van der Waals surface area contributed by atoms with Crippen LogP contribution in [-0.2, 0) is 11.2 Å². The first kappa shape index (κ1) is 28.8. The molecule has 4 rings (SSSR count). The van der Waals surface area contributed by atoms with Crippen molar-refractivity contribution in [3.05, 3.63) is 89.2 Å². The second kappa shape index (κ2) is 10.4. The number of rotatable bonds is 7. The number of carbonyl (C=O) groups is 1. The molecule has 0 spiro atoms. The highest BCUT2D eigenvalue weighted by Gasteiger charge is 2.57. The van der Waals surface area contributed by atoms with Crippen molar-refractivity contribution >= 4 is 16.8 Å². The molecule has 0 saturated carbocycles. The molecular formula is C28H24F5N3O4. The molecule has 2 aromatic heterocycles. The minimum atomic E-state index is -5.41. The van der Waals surface area contributed by atoms with E-state index in [0.29, 0.717) is 17.0 Å². The average Bonchev–Trinajstić information content (AvgIpc) is 2.90. The second-order valence-electron chi connectivity index (χ2n) is 9.58. The van der Waals surface area contributed by atoms with Crippen molar-refractivity contribution in [2.75, 3.05) is 13.7 Å². The van der Waals surface area contributed by atoms with Gasteiger partial charge in [-0.25, -0.2) is 13.8 Å². The van der Waals surface area contributed by atoms with E-state index < -0.39 is 58.4 Å². The zero-order valence-electron chi connectivity index (χ0n) is 21.5. The third-order valence-corrected chi connectivity index (χ3v) is 6.28. The number of benzene rings is 2. The summed E-state index contributed by atoms with van der Waals surface area (Å²) in [6.45, 7) is 0.871. The van der Waals surface area contributed by atoms with Gasteiger partial charge in [0, 0.05) is 28.3 Å². The molecule has 4 aromatic rings. The van der Waals surface area contributed by atoms with Crippen molar-refractivity contribution in [2.45, 2.75) is 31.2 Å². The normalized spacial score (nSPS) is 13.7. The summed E-state index contributed by atoms with van der Waals surface area (Å²) >= 11 is 0. The highest BCUT2D eigenvalue weighted by Crippen LogP contribution is 2.41. The summed E-state index contributed by atoms with van der Waals surface area (Å²) in [6, 6.07) is 10.6. The predicted molar refractivity (Wildman–Crippen MR) is 135 cm³/mol. The number of methoxy groups -OCH3 is 1. The third kappa shape index (κ3) is 5.45. The highest BCUT2D eigenvalue weighted by atomic mass is 19.4. The van der Waals surface area contributed by atoms with Crippen LogP contribution in [0.4, 0.5) is 22.0 Å². The van der Waals surface area contributed by atoms with E-state index in [2.05, 4.69) is 15.3 Å². The predicted octanol–water partition coefficient (Wildman–Crippen LogP) is 4.99. The van der Waals surface area contributed by atoms with Gasteiger partial charge < -0.3 is 20.3 Å². The number of aromatic nitrogens is 2. The largest absolute Gasteiger partial charge is 0.494 e. The molecule has 0 bridgehead atoms. The van der Waals surface area contributed by atoms with E-state index in [1.807, 2.05) is 0 Å². The van der Waals surface area contributed by atoms with Gasteiger partial charge in [0.1, 0.15) is 22.8 Å². The fourth-order valence-corrected chi connectivity index (χ4v) is 4.08. The van der Waals surface area contributed by atoms with Crippen LogP contribution in [0, 0.1) is 11.6 Å². The summed E-state index contributed by atoms with van der Waals surface area (Å²) in [4.78, 5) is 20.8. The van der Waals surface area contributed by atoms with Gasteiger partial charge in [0.05, 0.1) is 24.9 Å². The maximum atomic E-state index is 15.4. The Morgan fingerprint density at radius 2 is 1.70 bits per heavy atom. The lowest BCUT2D eigenvalue weighted by Crippen LogP contribution is -2.51. The van der Waals surface area contributed by atoms with Crippen LogP contribution < -0.4 is 10.1 Å². The van der Waals surface area contributed by atoms with Gasteiger partial charge in [-0.1, -0.05) is 6.07 Å². The summed E-state index contributed by atoms with van der Waals surface area (Å²) in [5.41, 5.74) is -7.90. The zero-order valence-corrected chi connectivity index (χ0v) is 21.5. The Morgan fingerprint density at radius 3 is 2.30 bits per heavy atom. The molecule has 0 aliphatic heterocycles. The molecule has 2 aromatic carbocycles. The van der Waals surface area contributed by atoms with Gasteiger partial charge in [-0.15, -0.1) is 0 Å². The minimum Gasteiger partial charge on any atom is -0.494 e. The summed E-state index contributed by atoms with van der Waals surface area (Å²) in [5, 5.41) is 24.0. The monoisotopic (exact) mass is 561 g/mol. The Kier molecular flexibility index (Phi) is 7.52. The summed E-state index contributed by atoms with van der Waals surface area (Å²) in [5.74, 6) is -2.62. The number of fused-ring (bicyclic) bond motifs is 1. The number of ether oxygens (including phenoxy) is 1. The first-order chi connectivity index (χ1) is 18.7. The Bertz CT molecular complexity index is 1570. The third-order valence-electron chi connectivity index (χ3n) is 6.28. The van der Waals surface area contributed by atoms with E-state index in [1.54, 1.807) is 12.1 Å². The number of hydrogen-bond acceptors (Lipinski definition) is 6. The van der Waals surface area contributed by atoms with Crippen molar-refractivity contribution in [3.63, 3.8) is 0 Å². The zero-order chi connectivity index (χ0) is 29.5. The summed E-state index contributed by atoms with van der Waals surface area (Å²) in [7, 11) is 1.34. The number of alkyl halides is 3. The number of halogens is 5. The van der Waals surface area contributed by atoms with Crippen molar-refractivity contribution in [1.29, 1.82) is 0 Å². The van der Waals surface area contributed by atoms with Crippen LogP contribution in [0.1, 0.15) is 35.5 Å². The van der Waals surface area contributed by atoms with E-state index in [0.717, 1.165) is 38.1 Å². The second-order valence-corrected chi connectivity index (χ2v) is 9.58. The van der Waals surface area contributed by atoms with E-state index in [4.69, 9.17) is 4.74 Å². The summed E-state index contributed by atoms with van der Waals surface area (Å²) < 4.78 is 77.3. The molecule has 7 nitrogen and oxygen atoms in total. The molecule has 0 saturated heterocycles. The molecule has 0 radical (unpaired) electrons. The topological polar surface area (TPSA) is 105 Å². The molecular weight excluding hydrogens is 537 g/mol.